The molecular formula is C22H17F4N5O3. The number of nitriles is 1. The number of benzene rings is 1. The van der Waals surface area contributed by atoms with E-state index in [4.69, 9.17) is 5.26 Å². The number of pyridine rings is 1. The average Bonchev–Trinajstić information content (AvgIpc) is 2.74. The van der Waals surface area contributed by atoms with Crippen molar-refractivity contribution in [3.63, 3.8) is 0 Å². The SMILES string of the molecule is CC(=O)N1CC2(C1)C(=O)N(c1ncc(C#N)cc1F)CC(=O)N2Cc1ccc(C(F)(F)F)cc1. The van der Waals surface area contributed by atoms with E-state index in [0.29, 0.717) is 5.56 Å². The third kappa shape index (κ3) is 3.83. The topological polar surface area (TPSA) is 97.6 Å². The van der Waals surface area contributed by atoms with Crippen LogP contribution in [-0.4, -0.2) is 57.7 Å². The molecule has 0 saturated carbocycles. The van der Waals surface area contributed by atoms with E-state index < -0.39 is 47.3 Å². The third-order valence-corrected chi connectivity index (χ3v) is 5.93. The van der Waals surface area contributed by atoms with Gasteiger partial charge in [0.05, 0.1) is 24.2 Å². The minimum Gasteiger partial charge on any atom is -0.337 e. The van der Waals surface area contributed by atoms with E-state index >= 15 is 0 Å². The van der Waals surface area contributed by atoms with Gasteiger partial charge in [-0.05, 0) is 23.8 Å². The van der Waals surface area contributed by atoms with Crippen LogP contribution >= 0.6 is 0 Å². The van der Waals surface area contributed by atoms with Gasteiger partial charge in [0, 0.05) is 19.7 Å². The Balaban J connectivity index is 1.67. The number of anilines is 1. The minimum atomic E-state index is -4.52. The number of amides is 3. The van der Waals surface area contributed by atoms with E-state index in [2.05, 4.69) is 4.98 Å². The molecule has 0 unspecified atom stereocenters. The Morgan fingerprint density at radius 3 is 2.38 bits per heavy atom. The van der Waals surface area contributed by atoms with E-state index in [-0.39, 0.29) is 31.1 Å². The van der Waals surface area contributed by atoms with Crippen LogP contribution in [0.25, 0.3) is 0 Å². The van der Waals surface area contributed by atoms with Crippen LogP contribution in [0.3, 0.4) is 0 Å². The molecule has 0 aliphatic carbocycles. The summed E-state index contributed by atoms with van der Waals surface area (Å²) in [5, 5.41) is 8.91. The number of likely N-dealkylation sites (tertiary alicyclic amines) is 1. The number of alkyl halides is 3. The van der Waals surface area contributed by atoms with Gasteiger partial charge < -0.3 is 9.80 Å². The highest BCUT2D eigenvalue weighted by Gasteiger charge is 2.60. The van der Waals surface area contributed by atoms with Crippen molar-refractivity contribution in [3.05, 3.63) is 59.0 Å². The molecule has 3 heterocycles. The molecule has 2 aliphatic heterocycles. The molecule has 2 aliphatic rings. The van der Waals surface area contributed by atoms with Crippen molar-refractivity contribution in [2.75, 3.05) is 24.5 Å². The maximum atomic E-state index is 14.6. The molecule has 12 heteroatoms. The van der Waals surface area contributed by atoms with Gasteiger partial charge in [-0.3, -0.25) is 19.3 Å². The molecular weight excluding hydrogens is 458 g/mol. The zero-order chi connectivity index (χ0) is 24.8. The first-order valence-electron chi connectivity index (χ1n) is 10.1. The van der Waals surface area contributed by atoms with Gasteiger partial charge in [0.2, 0.25) is 11.8 Å². The number of hydrogen-bond donors (Lipinski definition) is 0. The highest BCUT2D eigenvalue weighted by molar-refractivity contribution is 6.10. The van der Waals surface area contributed by atoms with Gasteiger partial charge in [0.25, 0.3) is 5.91 Å². The lowest BCUT2D eigenvalue weighted by Gasteiger charge is -2.57. The molecule has 2 fully saturated rings. The van der Waals surface area contributed by atoms with Gasteiger partial charge in [-0.2, -0.15) is 18.4 Å². The zero-order valence-corrected chi connectivity index (χ0v) is 17.8. The summed E-state index contributed by atoms with van der Waals surface area (Å²) in [5.41, 5.74) is -2.09. The number of aromatic nitrogens is 1. The second-order valence-corrected chi connectivity index (χ2v) is 8.11. The Morgan fingerprint density at radius 2 is 1.85 bits per heavy atom. The van der Waals surface area contributed by atoms with Crippen LogP contribution in [0.4, 0.5) is 23.4 Å². The Kier molecular flexibility index (Phi) is 5.51. The molecule has 1 aromatic heterocycles. The van der Waals surface area contributed by atoms with Crippen LogP contribution in [0.2, 0.25) is 0 Å². The lowest BCUT2D eigenvalue weighted by Crippen LogP contribution is -2.81. The predicted molar refractivity (Wildman–Crippen MR) is 108 cm³/mol. The van der Waals surface area contributed by atoms with E-state index in [9.17, 15) is 31.9 Å². The Labute approximate surface area is 191 Å². The maximum Gasteiger partial charge on any atom is 0.416 e. The molecule has 3 amide bonds. The monoisotopic (exact) mass is 475 g/mol. The van der Waals surface area contributed by atoms with Crippen molar-refractivity contribution in [2.45, 2.75) is 25.2 Å². The molecule has 4 rings (SSSR count). The smallest absolute Gasteiger partial charge is 0.337 e. The number of nitrogens with zero attached hydrogens (tertiary/aromatic N) is 5. The van der Waals surface area contributed by atoms with E-state index in [1.807, 2.05) is 0 Å². The fourth-order valence-corrected chi connectivity index (χ4v) is 4.09. The highest BCUT2D eigenvalue weighted by atomic mass is 19.4. The summed E-state index contributed by atoms with van der Waals surface area (Å²) < 4.78 is 53.2. The molecule has 34 heavy (non-hydrogen) atoms. The number of piperazine rings is 1. The predicted octanol–water partition coefficient (Wildman–Crippen LogP) is 2.09. The quantitative estimate of drug-likeness (QED) is 0.634. The summed E-state index contributed by atoms with van der Waals surface area (Å²) >= 11 is 0. The third-order valence-electron chi connectivity index (χ3n) is 5.93. The molecule has 0 bridgehead atoms. The minimum absolute atomic E-state index is 0.0675. The molecule has 1 spiro atoms. The largest absolute Gasteiger partial charge is 0.416 e. The standard InChI is InChI=1S/C22H17F4N5O3/c1-13(32)29-11-21(12-29)20(34)30(19-17(23)6-15(7-27)8-28-19)10-18(33)31(21)9-14-2-4-16(5-3-14)22(24,25)26/h2-6,8H,9-12H2,1H3. The van der Waals surface area contributed by atoms with E-state index in [1.165, 1.54) is 28.9 Å². The molecule has 0 radical (unpaired) electrons. The normalized spacial score (nSPS) is 17.6. The van der Waals surface area contributed by atoms with Crippen molar-refractivity contribution in [1.29, 1.82) is 5.26 Å². The lowest BCUT2D eigenvalue weighted by atomic mass is 9.83. The van der Waals surface area contributed by atoms with E-state index in [1.54, 1.807) is 6.07 Å². The molecule has 8 nitrogen and oxygen atoms in total. The van der Waals surface area contributed by atoms with Crippen LogP contribution in [0, 0.1) is 17.1 Å². The second-order valence-electron chi connectivity index (χ2n) is 8.11. The molecule has 176 valence electrons. The fraction of sp³-hybridized carbons (Fsp3) is 0.318. The Hall–Kier alpha value is -4.01. The average molecular weight is 475 g/mol. The van der Waals surface area contributed by atoms with Crippen molar-refractivity contribution < 1.29 is 31.9 Å². The first-order valence-corrected chi connectivity index (χ1v) is 10.1. The lowest BCUT2D eigenvalue weighted by molar-refractivity contribution is -0.169. The Bertz CT molecular complexity index is 1220. The maximum absolute atomic E-state index is 14.6. The van der Waals surface area contributed by atoms with Crippen LogP contribution in [0.15, 0.2) is 36.5 Å². The summed E-state index contributed by atoms with van der Waals surface area (Å²) in [7, 11) is 0. The molecule has 0 atom stereocenters. The summed E-state index contributed by atoms with van der Waals surface area (Å²) in [6.45, 7) is 0.258. The van der Waals surface area contributed by atoms with Gasteiger partial charge in [0.15, 0.2) is 17.2 Å². The fourth-order valence-electron chi connectivity index (χ4n) is 4.09. The van der Waals surface area contributed by atoms with Crippen molar-refractivity contribution in [1.82, 2.24) is 14.8 Å². The first kappa shape index (κ1) is 23.2. The summed E-state index contributed by atoms with van der Waals surface area (Å²) in [6, 6.07) is 6.80. The molecule has 1 aromatic carbocycles. The van der Waals surface area contributed by atoms with Gasteiger partial charge in [-0.1, -0.05) is 12.1 Å². The van der Waals surface area contributed by atoms with Crippen molar-refractivity contribution >= 4 is 23.5 Å². The number of halogens is 4. The van der Waals surface area contributed by atoms with Crippen LogP contribution in [-0.2, 0) is 27.1 Å². The van der Waals surface area contributed by atoms with Gasteiger partial charge >= 0.3 is 6.18 Å². The number of carbonyl (C=O) groups excluding carboxylic acids is 3. The summed E-state index contributed by atoms with van der Waals surface area (Å²) in [6.07, 6.45) is -3.45. The van der Waals surface area contributed by atoms with Gasteiger partial charge in [-0.15, -0.1) is 0 Å². The second kappa shape index (κ2) is 8.09. The van der Waals surface area contributed by atoms with Crippen molar-refractivity contribution in [3.8, 4) is 6.07 Å². The Morgan fingerprint density at radius 1 is 1.21 bits per heavy atom. The van der Waals surface area contributed by atoms with Gasteiger partial charge in [-0.25, -0.2) is 9.37 Å². The van der Waals surface area contributed by atoms with E-state index in [0.717, 1.165) is 29.3 Å². The number of carbonyl (C=O) groups is 3. The van der Waals surface area contributed by atoms with Crippen LogP contribution < -0.4 is 4.90 Å². The number of hydrogen-bond acceptors (Lipinski definition) is 5. The van der Waals surface area contributed by atoms with Crippen LogP contribution in [0.5, 0.6) is 0 Å². The van der Waals surface area contributed by atoms with Gasteiger partial charge in [0.1, 0.15) is 12.6 Å². The summed E-state index contributed by atoms with van der Waals surface area (Å²) in [5.74, 6) is -2.98. The molecule has 2 saturated heterocycles. The molecule has 0 N–H and O–H groups in total. The number of rotatable bonds is 3. The van der Waals surface area contributed by atoms with Crippen LogP contribution in [0.1, 0.15) is 23.6 Å². The molecule has 2 aromatic rings. The van der Waals surface area contributed by atoms with Crippen molar-refractivity contribution in [2.24, 2.45) is 0 Å². The first-order chi connectivity index (χ1) is 16.0. The summed E-state index contributed by atoms with van der Waals surface area (Å²) in [4.78, 5) is 45.7. The zero-order valence-electron chi connectivity index (χ0n) is 17.8. The highest BCUT2D eigenvalue weighted by Crippen LogP contribution is 2.37.